The van der Waals surface area contributed by atoms with Crippen LogP contribution in [0, 0.1) is 16.0 Å². The highest BCUT2D eigenvalue weighted by atomic mass is 16.6. The second kappa shape index (κ2) is 5.46. The van der Waals surface area contributed by atoms with Crippen LogP contribution in [0.1, 0.15) is 12.8 Å². The summed E-state index contributed by atoms with van der Waals surface area (Å²) in [5.74, 6) is -0.465. The van der Waals surface area contributed by atoms with Crippen LogP contribution in [0.4, 0.5) is 5.69 Å². The Morgan fingerprint density at radius 2 is 2.15 bits per heavy atom. The number of rotatable bonds is 6. The van der Waals surface area contributed by atoms with E-state index >= 15 is 0 Å². The van der Waals surface area contributed by atoms with Crippen LogP contribution in [0.25, 0.3) is 0 Å². The molecule has 0 aliphatic heterocycles. The van der Waals surface area contributed by atoms with Gasteiger partial charge < -0.3 is 15.2 Å². The number of ether oxygens (including phenoxy) is 2. The number of carbonyl (C=O) groups excluding carboxylic acids is 1. The molecular formula is C13H16N2O5. The number of benzene rings is 1. The Balaban J connectivity index is 2.14. The number of nitrogens with zero attached hydrogens (tertiary/aromatic N) is 1. The molecule has 1 fully saturated rings. The molecule has 0 bridgehead atoms. The maximum absolute atomic E-state index is 11.8. The Kier molecular flexibility index (Phi) is 3.89. The van der Waals surface area contributed by atoms with Crippen LogP contribution in [-0.2, 0) is 9.53 Å². The number of carbonyl (C=O) groups is 1. The molecule has 7 nitrogen and oxygen atoms in total. The Bertz CT molecular complexity index is 529. The summed E-state index contributed by atoms with van der Waals surface area (Å²) in [6.45, 7) is -0.144. The second-order valence-electron chi connectivity index (χ2n) is 4.82. The summed E-state index contributed by atoms with van der Waals surface area (Å²) in [5, 5.41) is 10.9. The number of nitrogens with two attached hydrogens (primary N) is 1. The molecule has 0 aromatic heterocycles. The van der Waals surface area contributed by atoms with E-state index in [1.54, 1.807) is 12.1 Å². The van der Waals surface area contributed by atoms with Crippen molar-refractivity contribution in [3.63, 3.8) is 0 Å². The zero-order valence-electron chi connectivity index (χ0n) is 11.1. The molecule has 1 aromatic carbocycles. The second-order valence-corrected chi connectivity index (χ2v) is 4.82. The van der Waals surface area contributed by atoms with Crippen molar-refractivity contribution in [3.8, 4) is 5.75 Å². The van der Waals surface area contributed by atoms with E-state index < -0.39 is 16.4 Å². The lowest BCUT2D eigenvalue weighted by Crippen LogP contribution is -2.55. The van der Waals surface area contributed by atoms with Crippen molar-refractivity contribution in [1.29, 1.82) is 0 Å². The van der Waals surface area contributed by atoms with Gasteiger partial charge in [0.15, 0.2) is 11.3 Å². The van der Waals surface area contributed by atoms with Gasteiger partial charge in [-0.2, -0.15) is 0 Å². The molecule has 0 spiro atoms. The van der Waals surface area contributed by atoms with E-state index in [0.717, 1.165) is 12.8 Å². The Morgan fingerprint density at radius 3 is 2.70 bits per heavy atom. The lowest BCUT2D eigenvalue weighted by molar-refractivity contribution is -0.385. The molecule has 2 N–H and O–H groups in total. The summed E-state index contributed by atoms with van der Waals surface area (Å²) in [5.41, 5.74) is 4.65. The van der Waals surface area contributed by atoms with Crippen molar-refractivity contribution in [2.45, 2.75) is 18.4 Å². The van der Waals surface area contributed by atoms with Crippen LogP contribution in [-0.4, -0.2) is 30.1 Å². The highest BCUT2D eigenvalue weighted by Gasteiger charge is 2.50. The normalized spacial score (nSPS) is 17.1. The molecule has 0 radical (unpaired) electrons. The van der Waals surface area contributed by atoms with Gasteiger partial charge in [-0.25, -0.2) is 4.79 Å². The van der Waals surface area contributed by atoms with E-state index in [1.807, 2.05) is 0 Å². The van der Waals surface area contributed by atoms with E-state index in [0.29, 0.717) is 0 Å². The summed E-state index contributed by atoms with van der Waals surface area (Å²) in [6, 6.07) is 5.98. The molecule has 0 saturated heterocycles. The van der Waals surface area contributed by atoms with Gasteiger partial charge in [0, 0.05) is 6.07 Å². The molecule has 20 heavy (non-hydrogen) atoms. The highest BCUT2D eigenvalue weighted by molar-refractivity contribution is 5.81. The minimum atomic E-state index is -1.25. The monoisotopic (exact) mass is 280 g/mol. The van der Waals surface area contributed by atoms with E-state index in [9.17, 15) is 14.9 Å². The fourth-order valence-electron chi connectivity index (χ4n) is 2.06. The van der Waals surface area contributed by atoms with Crippen molar-refractivity contribution in [3.05, 3.63) is 34.4 Å². The molecule has 7 heteroatoms. The Hall–Kier alpha value is -2.15. The van der Waals surface area contributed by atoms with E-state index in [-0.39, 0.29) is 24.0 Å². The van der Waals surface area contributed by atoms with Crippen LogP contribution < -0.4 is 10.5 Å². The first-order valence-electron chi connectivity index (χ1n) is 6.22. The van der Waals surface area contributed by atoms with Gasteiger partial charge in [0.05, 0.1) is 12.0 Å². The predicted molar refractivity (Wildman–Crippen MR) is 70.2 cm³/mol. The number of methoxy groups -OCH3 is 1. The first kappa shape index (κ1) is 14.3. The lowest BCUT2D eigenvalue weighted by Gasteiger charge is -2.26. The maximum atomic E-state index is 11.8. The molecule has 1 aliphatic carbocycles. The third-order valence-corrected chi connectivity index (χ3v) is 3.40. The quantitative estimate of drug-likeness (QED) is 0.477. The number of nitro benzene ring substituents is 1. The molecule has 1 aromatic rings. The van der Waals surface area contributed by atoms with Gasteiger partial charge in [-0.3, -0.25) is 10.1 Å². The molecular weight excluding hydrogens is 264 g/mol. The van der Waals surface area contributed by atoms with Crippen molar-refractivity contribution >= 4 is 11.7 Å². The van der Waals surface area contributed by atoms with Gasteiger partial charge in [0.1, 0.15) is 6.61 Å². The first-order chi connectivity index (χ1) is 9.49. The number of para-hydroxylation sites is 2. The molecule has 2 rings (SSSR count). The minimum Gasteiger partial charge on any atom is -0.484 e. The molecule has 1 saturated carbocycles. The van der Waals surface area contributed by atoms with E-state index in [1.165, 1.54) is 19.2 Å². The summed E-state index contributed by atoms with van der Waals surface area (Å²) < 4.78 is 10.1. The van der Waals surface area contributed by atoms with Crippen molar-refractivity contribution in [1.82, 2.24) is 0 Å². The molecule has 108 valence electrons. The minimum absolute atomic E-state index is 0.00211. The summed E-state index contributed by atoms with van der Waals surface area (Å²) in [4.78, 5) is 22.1. The highest BCUT2D eigenvalue weighted by Crippen LogP contribution is 2.39. The van der Waals surface area contributed by atoms with Crippen molar-refractivity contribution in [2.75, 3.05) is 13.7 Å². The molecule has 0 heterocycles. The fourth-order valence-corrected chi connectivity index (χ4v) is 2.06. The molecule has 1 atom stereocenters. The average Bonchev–Trinajstić information content (AvgIpc) is 3.29. The van der Waals surface area contributed by atoms with Crippen LogP contribution in [0.3, 0.4) is 0 Å². The van der Waals surface area contributed by atoms with Crippen LogP contribution in [0.2, 0.25) is 0 Å². The van der Waals surface area contributed by atoms with Crippen LogP contribution in [0.15, 0.2) is 24.3 Å². The van der Waals surface area contributed by atoms with Gasteiger partial charge in [-0.1, -0.05) is 12.1 Å². The number of hydrogen-bond donors (Lipinski definition) is 1. The first-order valence-corrected chi connectivity index (χ1v) is 6.22. The van der Waals surface area contributed by atoms with E-state index in [2.05, 4.69) is 0 Å². The maximum Gasteiger partial charge on any atom is 0.329 e. The zero-order chi connectivity index (χ0) is 14.8. The predicted octanol–water partition coefficient (Wildman–Crippen LogP) is 1.25. The van der Waals surface area contributed by atoms with Crippen molar-refractivity contribution < 1.29 is 19.2 Å². The Morgan fingerprint density at radius 1 is 1.50 bits per heavy atom. The van der Waals surface area contributed by atoms with Gasteiger partial charge in [0.2, 0.25) is 0 Å². The lowest BCUT2D eigenvalue weighted by atomic mass is 9.96. The van der Waals surface area contributed by atoms with Crippen molar-refractivity contribution in [2.24, 2.45) is 11.7 Å². The van der Waals surface area contributed by atoms with Gasteiger partial charge in [-0.15, -0.1) is 0 Å². The summed E-state index contributed by atoms with van der Waals surface area (Å²) in [6.07, 6.45) is 1.65. The smallest absolute Gasteiger partial charge is 0.329 e. The average molecular weight is 280 g/mol. The third-order valence-electron chi connectivity index (χ3n) is 3.40. The topological polar surface area (TPSA) is 105 Å². The number of nitro groups is 1. The molecule has 1 unspecified atom stereocenters. The SMILES string of the molecule is COC(=O)C(N)(COc1ccccc1[N+](=O)[O-])C1CC1. The van der Waals surface area contributed by atoms with Gasteiger partial charge in [-0.05, 0) is 24.8 Å². The standard InChI is InChI=1S/C13H16N2O5/c1-19-12(16)13(14,9-6-7-9)8-20-11-5-3-2-4-10(11)15(17)18/h2-5,9H,6-8,14H2,1H3. The zero-order valence-corrected chi connectivity index (χ0v) is 11.1. The van der Waals surface area contributed by atoms with E-state index in [4.69, 9.17) is 15.2 Å². The molecule has 1 aliphatic rings. The molecule has 0 amide bonds. The third kappa shape index (κ3) is 2.72. The van der Waals surface area contributed by atoms with Gasteiger partial charge >= 0.3 is 11.7 Å². The summed E-state index contributed by atoms with van der Waals surface area (Å²) in [7, 11) is 1.26. The summed E-state index contributed by atoms with van der Waals surface area (Å²) >= 11 is 0. The van der Waals surface area contributed by atoms with Crippen LogP contribution >= 0.6 is 0 Å². The largest absolute Gasteiger partial charge is 0.484 e. The fraction of sp³-hybridized carbons (Fsp3) is 0.462. The van der Waals surface area contributed by atoms with Gasteiger partial charge in [0.25, 0.3) is 0 Å². The number of esters is 1. The Labute approximate surface area is 115 Å². The van der Waals surface area contributed by atoms with Crippen LogP contribution in [0.5, 0.6) is 5.75 Å². The number of hydrogen-bond acceptors (Lipinski definition) is 6.